The van der Waals surface area contributed by atoms with Gasteiger partial charge < -0.3 is 9.47 Å². The highest BCUT2D eigenvalue weighted by atomic mass is 19.4. The fourth-order valence-electron chi connectivity index (χ4n) is 3.27. The van der Waals surface area contributed by atoms with Crippen molar-refractivity contribution in [1.29, 1.82) is 0 Å². The maximum atomic E-state index is 12.3. The highest BCUT2D eigenvalue weighted by Crippen LogP contribution is 2.28. The summed E-state index contributed by atoms with van der Waals surface area (Å²) >= 11 is 0. The van der Waals surface area contributed by atoms with E-state index >= 15 is 0 Å². The summed E-state index contributed by atoms with van der Waals surface area (Å²) in [7, 11) is 1.87. The van der Waals surface area contributed by atoms with Gasteiger partial charge in [-0.3, -0.25) is 4.68 Å². The molecule has 5 nitrogen and oxygen atoms in total. The number of aliphatic imine (C=N–C) groups is 1. The topological polar surface area (TPSA) is 48.6 Å². The minimum Gasteiger partial charge on any atom is -0.474 e. The minimum absolute atomic E-state index is 0.264. The normalized spacial score (nSPS) is 16.3. The van der Waals surface area contributed by atoms with Crippen LogP contribution in [0.1, 0.15) is 34.1 Å². The van der Waals surface area contributed by atoms with E-state index in [1.54, 1.807) is 16.8 Å². The number of hydrogen-bond donors (Lipinski definition) is 0. The van der Waals surface area contributed by atoms with Crippen molar-refractivity contribution < 1.29 is 22.6 Å². The van der Waals surface area contributed by atoms with Gasteiger partial charge in [-0.1, -0.05) is 42.0 Å². The molecule has 1 aromatic heterocycles. The highest BCUT2D eigenvalue weighted by molar-refractivity contribution is 5.93. The molecule has 3 aromatic rings. The molecule has 156 valence electrons. The molecule has 2 heterocycles. The summed E-state index contributed by atoms with van der Waals surface area (Å²) < 4.78 is 48.3. The highest BCUT2D eigenvalue weighted by Gasteiger charge is 2.31. The van der Waals surface area contributed by atoms with Gasteiger partial charge in [-0.25, -0.2) is 4.99 Å². The number of hydrogen-bond acceptors (Lipinski definition) is 4. The van der Waals surface area contributed by atoms with Crippen molar-refractivity contribution in [2.75, 3.05) is 6.61 Å². The third kappa shape index (κ3) is 4.64. The van der Waals surface area contributed by atoms with Crippen LogP contribution in [0.25, 0.3) is 0 Å². The zero-order chi connectivity index (χ0) is 21.3. The molecule has 0 N–H and O–H groups in total. The molecule has 2 aromatic carbocycles. The van der Waals surface area contributed by atoms with Gasteiger partial charge in [-0.15, -0.1) is 13.2 Å². The van der Waals surface area contributed by atoms with Gasteiger partial charge in [-0.2, -0.15) is 5.10 Å². The maximum absolute atomic E-state index is 12.3. The second-order valence-electron chi connectivity index (χ2n) is 7.18. The van der Waals surface area contributed by atoms with Crippen LogP contribution >= 0.6 is 0 Å². The first-order valence-electron chi connectivity index (χ1n) is 9.42. The van der Waals surface area contributed by atoms with Gasteiger partial charge in [0, 0.05) is 19.2 Å². The van der Waals surface area contributed by atoms with E-state index < -0.39 is 6.36 Å². The third-order valence-corrected chi connectivity index (χ3v) is 4.85. The molecule has 0 saturated heterocycles. The molecule has 0 spiro atoms. The predicted molar refractivity (Wildman–Crippen MR) is 106 cm³/mol. The molecule has 0 bridgehead atoms. The summed E-state index contributed by atoms with van der Waals surface area (Å²) in [5.74, 6) is 0.168. The number of ether oxygens (including phenoxy) is 2. The molecule has 30 heavy (non-hydrogen) atoms. The number of aryl methyl sites for hydroxylation is 2. The lowest BCUT2D eigenvalue weighted by molar-refractivity contribution is -0.274. The molecule has 0 radical (unpaired) electrons. The Morgan fingerprint density at radius 3 is 2.47 bits per heavy atom. The second-order valence-corrected chi connectivity index (χ2v) is 7.18. The number of rotatable bonds is 5. The zero-order valence-corrected chi connectivity index (χ0v) is 16.5. The monoisotopic (exact) mass is 415 g/mol. The second kappa shape index (κ2) is 7.85. The molecule has 4 rings (SSSR count). The van der Waals surface area contributed by atoms with E-state index in [1.807, 2.05) is 13.1 Å². The lowest BCUT2D eigenvalue weighted by Gasteiger charge is -2.10. The van der Waals surface area contributed by atoms with Gasteiger partial charge in [0.25, 0.3) is 0 Å². The van der Waals surface area contributed by atoms with E-state index in [9.17, 15) is 13.2 Å². The molecule has 0 fully saturated rings. The number of halogens is 3. The van der Waals surface area contributed by atoms with E-state index in [2.05, 4.69) is 46.0 Å². The molecule has 1 unspecified atom stereocenters. The first kappa shape index (κ1) is 20.0. The van der Waals surface area contributed by atoms with Crippen LogP contribution in [-0.2, 0) is 18.2 Å². The van der Waals surface area contributed by atoms with Crippen molar-refractivity contribution in [2.24, 2.45) is 12.0 Å². The number of alkyl halides is 3. The van der Waals surface area contributed by atoms with Crippen LogP contribution in [0.15, 0.2) is 59.6 Å². The van der Waals surface area contributed by atoms with Crippen LogP contribution in [0.5, 0.6) is 5.75 Å². The van der Waals surface area contributed by atoms with Crippen molar-refractivity contribution in [2.45, 2.75) is 25.7 Å². The van der Waals surface area contributed by atoms with Gasteiger partial charge >= 0.3 is 6.36 Å². The summed E-state index contributed by atoms with van der Waals surface area (Å²) in [6, 6.07) is 15.6. The molecule has 1 aliphatic heterocycles. The summed E-state index contributed by atoms with van der Waals surface area (Å²) in [6.07, 6.45) is -3.97. The Morgan fingerprint density at radius 2 is 1.80 bits per heavy atom. The zero-order valence-electron chi connectivity index (χ0n) is 16.5. The van der Waals surface area contributed by atoms with E-state index in [4.69, 9.17) is 4.74 Å². The molecular weight excluding hydrogens is 395 g/mol. The number of aromatic nitrogens is 2. The molecule has 0 aliphatic carbocycles. The third-order valence-electron chi connectivity index (χ3n) is 4.85. The smallest absolute Gasteiger partial charge is 0.474 e. The van der Waals surface area contributed by atoms with Crippen LogP contribution in [0.2, 0.25) is 0 Å². The lowest BCUT2D eigenvalue weighted by atomic mass is 10.1. The van der Waals surface area contributed by atoms with Crippen molar-refractivity contribution in [3.63, 3.8) is 0 Å². The number of benzene rings is 2. The first-order valence-corrected chi connectivity index (χ1v) is 9.42. The van der Waals surface area contributed by atoms with Crippen LogP contribution in [0.4, 0.5) is 13.2 Å². The van der Waals surface area contributed by atoms with Gasteiger partial charge in [0.1, 0.15) is 24.1 Å². The standard InChI is InChI=1S/C22H20F3N3O2/c1-14-3-5-15(6-4-14)11-17-12-19(27-28(17)2)21-26-20(13-29-21)16-7-9-18(10-8-16)30-22(23,24)25/h3-10,12,20H,11,13H2,1-2H3. The first-order chi connectivity index (χ1) is 14.3. The Labute approximate surface area is 171 Å². The van der Waals surface area contributed by atoms with Crippen LogP contribution in [0, 0.1) is 6.92 Å². The Hall–Kier alpha value is -3.29. The van der Waals surface area contributed by atoms with Crippen LogP contribution in [-0.4, -0.2) is 28.6 Å². The van der Waals surface area contributed by atoms with E-state index in [1.165, 1.54) is 23.3 Å². The maximum Gasteiger partial charge on any atom is 0.573 e. The van der Waals surface area contributed by atoms with Crippen LogP contribution < -0.4 is 4.74 Å². The molecule has 0 amide bonds. The van der Waals surface area contributed by atoms with E-state index in [0.717, 1.165) is 17.7 Å². The molecule has 0 saturated carbocycles. The van der Waals surface area contributed by atoms with E-state index in [-0.39, 0.29) is 11.8 Å². The fourth-order valence-corrected chi connectivity index (χ4v) is 3.27. The van der Waals surface area contributed by atoms with Crippen molar-refractivity contribution in [3.8, 4) is 5.75 Å². The SMILES string of the molecule is Cc1ccc(Cc2cc(C3=NC(c4ccc(OC(F)(F)F)cc4)CO3)nn2C)cc1. The quantitative estimate of drug-likeness (QED) is 0.605. The summed E-state index contributed by atoms with van der Waals surface area (Å²) in [5.41, 5.74) is 4.80. The molecule has 8 heteroatoms. The summed E-state index contributed by atoms with van der Waals surface area (Å²) in [4.78, 5) is 4.56. The van der Waals surface area contributed by atoms with E-state index in [0.29, 0.717) is 18.2 Å². The summed E-state index contributed by atoms with van der Waals surface area (Å²) in [5, 5.41) is 4.50. The van der Waals surface area contributed by atoms with Crippen molar-refractivity contribution in [3.05, 3.63) is 82.7 Å². The largest absolute Gasteiger partial charge is 0.573 e. The van der Waals surface area contributed by atoms with Gasteiger partial charge in [-0.05, 0) is 36.2 Å². The average Bonchev–Trinajstić information content (AvgIpc) is 3.30. The Kier molecular flexibility index (Phi) is 5.24. The Morgan fingerprint density at radius 1 is 1.10 bits per heavy atom. The van der Waals surface area contributed by atoms with Gasteiger partial charge in [0.05, 0.1) is 0 Å². The minimum atomic E-state index is -4.71. The predicted octanol–water partition coefficient (Wildman–Crippen LogP) is 4.74. The summed E-state index contributed by atoms with van der Waals surface area (Å²) in [6.45, 7) is 2.35. The van der Waals surface area contributed by atoms with Gasteiger partial charge in [0.15, 0.2) is 0 Å². The van der Waals surface area contributed by atoms with Crippen LogP contribution in [0.3, 0.4) is 0 Å². The van der Waals surface area contributed by atoms with Crippen molar-refractivity contribution >= 4 is 5.90 Å². The molecule has 1 atom stereocenters. The van der Waals surface area contributed by atoms with Gasteiger partial charge in [0.2, 0.25) is 5.90 Å². The lowest BCUT2D eigenvalue weighted by Crippen LogP contribution is -2.17. The van der Waals surface area contributed by atoms with Crippen molar-refractivity contribution in [1.82, 2.24) is 9.78 Å². The fraction of sp³-hybridized carbons (Fsp3) is 0.273. The molecule has 1 aliphatic rings. The number of nitrogens with zero attached hydrogens (tertiary/aromatic N) is 3. The Bertz CT molecular complexity index is 1050. The Balaban J connectivity index is 1.48. The molecular formula is C22H20F3N3O2. The average molecular weight is 415 g/mol.